The Bertz CT molecular complexity index is 435. The molecule has 0 heterocycles. The van der Waals surface area contributed by atoms with Gasteiger partial charge < -0.3 is 10.8 Å². The molecule has 0 aromatic heterocycles. The lowest BCUT2D eigenvalue weighted by Gasteiger charge is -2.22. The number of nitrogens with two attached hydrogens (primary N) is 1. The van der Waals surface area contributed by atoms with E-state index in [1.165, 1.54) is 6.92 Å². The van der Waals surface area contributed by atoms with E-state index in [4.69, 9.17) is 10.8 Å². The first kappa shape index (κ1) is 12.5. The summed E-state index contributed by atoms with van der Waals surface area (Å²) in [6, 6.07) is 1.46. The van der Waals surface area contributed by atoms with Gasteiger partial charge in [0.1, 0.15) is 5.82 Å². The number of hydrogen-bond donors (Lipinski definition) is 2. The van der Waals surface area contributed by atoms with Gasteiger partial charge in [0, 0.05) is 6.07 Å². The average Bonchev–Trinajstić information content (AvgIpc) is 2.16. The summed E-state index contributed by atoms with van der Waals surface area (Å²) in [5.74, 6) is -2.38. The smallest absolute Gasteiger partial charge is 0.305 e. The first-order chi connectivity index (χ1) is 7.31. The van der Waals surface area contributed by atoms with Crippen molar-refractivity contribution in [3.63, 3.8) is 0 Å². The first-order valence-electron chi connectivity index (χ1n) is 4.34. The van der Waals surface area contributed by atoms with E-state index in [0.717, 1.165) is 6.07 Å². The average molecular weight is 232 g/mol. The second-order valence-electron chi connectivity index (χ2n) is 3.59. The fourth-order valence-electron chi connectivity index (χ4n) is 1.29. The van der Waals surface area contributed by atoms with Crippen LogP contribution in [0, 0.1) is 21.7 Å². The minimum absolute atomic E-state index is 0.691. The number of aliphatic hydroxyl groups is 1. The predicted octanol–water partition coefficient (Wildman–Crippen LogP) is 1.04. The second-order valence-corrected chi connectivity index (χ2v) is 3.59. The molecule has 7 heteroatoms. The van der Waals surface area contributed by atoms with Crippen LogP contribution in [0.25, 0.3) is 0 Å². The van der Waals surface area contributed by atoms with Gasteiger partial charge in [0.05, 0.1) is 22.6 Å². The molecule has 0 bridgehead atoms. The summed E-state index contributed by atoms with van der Waals surface area (Å²) in [6.07, 6.45) is 0. The number of halogens is 2. The van der Waals surface area contributed by atoms with Crippen molar-refractivity contribution in [3.8, 4) is 0 Å². The molecule has 0 spiro atoms. The molecule has 0 aliphatic carbocycles. The largest absolute Gasteiger partial charge is 0.394 e. The van der Waals surface area contributed by atoms with Crippen LogP contribution in [0.3, 0.4) is 0 Å². The normalized spacial score (nSPS) is 14.6. The highest BCUT2D eigenvalue weighted by atomic mass is 19.1. The summed E-state index contributed by atoms with van der Waals surface area (Å²) in [6.45, 7) is 0.445. The zero-order valence-electron chi connectivity index (χ0n) is 8.41. The van der Waals surface area contributed by atoms with Crippen LogP contribution >= 0.6 is 0 Å². The minimum Gasteiger partial charge on any atom is -0.394 e. The third-order valence-electron chi connectivity index (χ3n) is 2.17. The van der Waals surface area contributed by atoms with Crippen molar-refractivity contribution in [2.75, 3.05) is 6.61 Å². The van der Waals surface area contributed by atoms with Crippen molar-refractivity contribution >= 4 is 5.69 Å². The van der Waals surface area contributed by atoms with Gasteiger partial charge in [0.15, 0.2) is 0 Å². The molecule has 1 rings (SSSR count). The molecule has 88 valence electrons. The van der Waals surface area contributed by atoms with E-state index in [1.54, 1.807) is 0 Å². The standard InChI is InChI=1S/C9H10F2N2O3/c1-9(12,4-14)7-5(10)2-3-6(8(7)11)13(15)16/h2-3,14H,4,12H2,1H3. The van der Waals surface area contributed by atoms with E-state index in [1.807, 2.05) is 0 Å². The Morgan fingerprint density at radius 2 is 2.12 bits per heavy atom. The predicted molar refractivity (Wildman–Crippen MR) is 51.6 cm³/mol. The molecular formula is C9H10F2N2O3. The van der Waals surface area contributed by atoms with Gasteiger partial charge in [-0.05, 0) is 13.0 Å². The van der Waals surface area contributed by atoms with Crippen molar-refractivity contribution in [1.82, 2.24) is 0 Å². The summed E-state index contributed by atoms with van der Waals surface area (Å²) in [7, 11) is 0. The molecule has 0 fully saturated rings. The molecular weight excluding hydrogens is 222 g/mol. The van der Waals surface area contributed by atoms with Gasteiger partial charge in [0.25, 0.3) is 0 Å². The zero-order valence-corrected chi connectivity index (χ0v) is 8.41. The quantitative estimate of drug-likeness (QED) is 0.601. The number of aliphatic hydroxyl groups excluding tert-OH is 1. The van der Waals surface area contributed by atoms with Gasteiger partial charge >= 0.3 is 5.69 Å². The van der Waals surface area contributed by atoms with Gasteiger partial charge in [-0.25, -0.2) is 4.39 Å². The first-order valence-corrected chi connectivity index (χ1v) is 4.34. The molecule has 1 aromatic carbocycles. The Balaban J connectivity index is 3.49. The molecule has 0 amide bonds. The summed E-state index contributed by atoms with van der Waals surface area (Å²) in [4.78, 5) is 9.46. The Kier molecular flexibility index (Phi) is 3.20. The molecule has 0 aliphatic heterocycles. The van der Waals surface area contributed by atoms with Crippen molar-refractivity contribution in [3.05, 3.63) is 39.4 Å². The van der Waals surface area contributed by atoms with Gasteiger partial charge in [-0.3, -0.25) is 10.1 Å². The maximum absolute atomic E-state index is 13.6. The molecule has 0 saturated heterocycles. The molecule has 5 nitrogen and oxygen atoms in total. The molecule has 3 N–H and O–H groups in total. The number of nitrogens with zero attached hydrogens (tertiary/aromatic N) is 1. The maximum Gasteiger partial charge on any atom is 0.305 e. The fraction of sp³-hybridized carbons (Fsp3) is 0.333. The molecule has 0 saturated carbocycles. The third-order valence-corrected chi connectivity index (χ3v) is 2.17. The lowest BCUT2D eigenvalue weighted by molar-refractivity contribution is -0.387. The molecule has 0 radical (unpaired) electrons. The van der Waals surface area contributed by atoms with E-state index in [0.29, 0.717) is 6.07 Å². The topological polar surface area (TPSA) is 89.4 Å². The highest BCUT2D eigenvalue weighted by molar-refractivity contribution is 5.41. The zero-order chi connectivity index (χ0) is 12.5. The fourth-order valence-corrected chi connectivity index (χ4v) is 1.29. The Hall–Kier alpha value is -1.60. The van der Waals surface area contributed by atoms with E-state index >= 15 is 0 Å². The summed E-state index contributed by atoms with van der Waals surface area (Å²) in [5, 5.41) is 19.3. The number of nitro groups is 1. The van der Waals surface area contributed by atoms with Crippen LogP contribution < -0.4 is 5.73 Å². The van der Waals surface area contributed by atoms with Crippen molar-refractivity contribution < 1.29 is 18.8 Å². The monoisotopic (exact) mass is 232 g/mol. The van der Waals surface area contributed by atoms with Crippen LogP contribution in [0.4, 0.5) is 14.5 Å². The number of rotatable bonds is 3. The highest BCUT2D eigenvalue weighted by Crippen LogP contribution is 2.29. The van der Waals surface area contributed by atoms with Crippen molar-refractivity contribution in [1.29, 1.82) is 0 Å². The number of benzene rings is 1. The van der Waals surface area contributed by atoms with Gasteiger partial charge in [-0.15, -0.1) is 0 Å². The number of hydrogen-bond acceptors (Lipinski definition) is 4. The molecule has 0 aliphatic rings. The van der Waals surface area contributed by atoms with Gasteiger partial charge in [0.2, 0.25) is 5.82 Å². The van der Waals surface area contributed by atoms with Crippen LogP contribution in [0.2, 0.25) is 0 Å². The van der Waals surface area contributed by atoms with Crippen LogP contribution in [-0.2, 0) is 5.54 Å². The highest BCUT2D eigenvalue weighted by Gasteiger charge is 2.32. The van der Waals surface area contributed by atoms with Crippen LogP contribution in [0.15, 0.2) is 12.1 Å². The van der Waals surface area contributed by atoms with E-state index in [-0.39, 0.29) is 0 Å². The Morgan fingerprint density at radius 3 is 2.56 bits per heavy atom. The summed E-state index contributed by atoms with van der Waals surface area (Å²) < 4.78 is 26.9. The molecule has 1 unspecified atom stereocenters. The summed E-state index contributed by atoms with van der Waals surface area (Å²) >= 11 is 0. The lowest BCUT2D eigenvalue weighted by Crippen LogP contribution is -2.39. The molecule has 16 heavy (non-hydrogen) atoms. The van der Waals surface area contributed by atoms with E-state index < -0.39 is 40.0 Å². The van der Waals surface area contributed by atoms with Gasteiger partial charge in [-0.1, -0.05) is 0 Å². The van der Waals surface area contributed by atoms with Gasteiger partial charge in [-0.2, -0.15) is 4.39 Å². The van der Waals surface area contributed by atoms with Crippen molar-refractivity contribution in [2.24, 2.45) is 5.73 Å². The Morgan fingerprint density at radius 1 is 1.56 bits per heavy atom. The minimum atomic E-state index is -1.71. The summed E-state index contributed by atoms with van der Waals surface area (Å²) in [5.41, 5.74) is 2.18. The van der Waals surface area contributed by atoms with Crippen LogP contribution in [0.1, 0.15) is 12.5 Å². The van der Waals surface area contributed by atoms with Crippen molar-refractivity contribution in [2.45, 2.75) is 12.5 Å². The molecule has 1 atom stereocenters. The van der Waals surface area contributed by atoms with E-state index in [2.05, 4.69) is 0 Å². The SMILES string of the molecule is CC(N)(CO)c1c(F)ccc([N+](=O)[O-])c1F. The van der Waals surface area contributed by atoms with E-state index in [9.17, 15) is 18.9 Å². The van der Waals surface area contributed by atoms with Crippen LogP contribution in [0.5, 0.6) is 0 Å². The van der Waals surface area contributed by atoms with Crippen LogP contribution in [-0.4, -0.2) is 16.6 Å². The second kappa shape index (κ2) is 4.11. The molecule has 1 aromatic rings. The Labute approximate surface area is 89.6 Å². The third kappa shape index (κ3) is 2.00. The lowest BCUT2D eigenvalue weighted by atomic mass is 9.92. The number of nitro benzene ring substituents is 1. The maximum atomic E-state index is 13.6.